The van der Waals surface area contributed by atoms with Gasteiger partial charge >= 0.3 is 0 Å². The first-order valence-electron chi connectivity index (χ1n) is 14.3. The lowest BCUT2D eigenvalue weighted by Crippen LogP contribution is -2.34. The average molecular weight is 507 g/mol. The summed E-state index contributed by atoms with van der Waals surface area (Å²) >= 11 is 0. The van der Waals surface area contributed by atoms with Gasteiger partial charge in [0.15, 0.2) is 0 Å². The second-order valence-electron chi connectivity index (χ2n) is 10.9. The second kappa shape index (κ2) is 12.9. The molecule has 1 aromatic carbocycles. The summed E-state index contributed by atoms with van der Waals surface area (Å²) < 4.78 is 16.6. The van der Waals surface area contributed by atoms with Gasteiger partial charge in [-0.3, -0.25) is 5.41 Å². The molecule has 2 rings (SSSR count). The molecule has 1 aliphatic heterocycles. The number of rotatable bonds is 10. The normalized spacial score (nSPS) is 18.7. The molecule has 0 amide bonds. The molecule has 2 unspecified atom stereocenters. The van der Waals surface area contributed by atoms with Crippen LogP contribution in [0.4, 0.5) is 4.39 Å². The van der Waals surface area contributed by atoms with Gasteiger partial charge in [-0.25, -0.2) is 4.39 Å². The largest absolute Gasteiger partial charge is 0.366 e. The molecule has 1 heterocycles. The lowest BCUT2D eigenvalue weighted by atomic mass is 9.81. The Balaban J connectivity index is 2.91. The third kappa shape index (κ3) is 5.71. The quantitative estimate of drug-likeness (QED) is 0.248. The summed E-state index contributed by atoms with van der Waals surface area (Å²) in [6, 6.07) is 0.906. The van der Waals surface area contributed by atoms with Gasteiger partial charge in [0.1, 0.15) is 5.82 Å². The molecule has 0 aromatic heterocycles. The Morgan fingerprint density at radius 1 is 0.919 bits per heavy atom. The summed E-state index contributed by atoms with van der Waals surface area (Å²) in [6.45, 7) is 27.6. The van der Waals surface area contributed by atoms with Gasteiger partial charge in [0.05, 0.1) is 5.71 Å². The van der Waals surface area contributed by atoms with E-state index in [-0.39, 0.29) is 5.82 Å². The van der Waals surface area contributed by atoms with Crippen molar-refractivity contribution in [3.8, 4) is 0 Å². The third-order valence-corrected chi connectivity index (χ3v) is 8.79. The Kier molecular flexibility index (Phi) is 10.7. The Morgan fingerprint density at radius 3 is 1.81 bits per heavy atom. The van der Waals surface area contributed by atoms with Crippen molar-refractivity contribution in [3.63, 3.8) is 0 Å². The molecule has 2 nitrogen and oxygen atoms in total. The van der Waals surface area contributed by atoms with Crippen LogP contribution in [0.25, 0.3) is 5.70 Å². The van der Waals surface area contributed by atoms with E-state index in [1.165, 1.54) is 12.8 Å². The fraction of sp³-hybridized carbons (Fsp3) is 0.559. The van der Waals surface area contributed by atoms with Crippen molar-refractivity contribution in [2.24, 2.45) is 0 Å². The van der Waals surface area contributed by atoms with E-state index in [0.29, 0.717) is 35.3 Å². The Labute approximate surface area is 226 Å². The van der Waals surface area contributed by atoms with E-state index in [2.05, 4.69) is 79.9 Å². The molecule has 3 heteroatoms. The lowest BCUT2D eigenvalue weighted by Gasteiger charge is -2.36. The van der Waals surface area contributed by atoms with Crippen molar-refractivity contribution < 1.29 is 4.39 Å². The maximum Gasteiger partial charge on any atom is 0.136 e. The number of hydrogen-bond acceptors (Lipinski definition) is 2. The number of hydrogen-bond donors (Lipinski definition) is 1. The topological polar surface area (TPSA) is 27.1 Å². The fourth-order valence-corrected chi connectivity index (χ4v) is 6.17. The third-order valence-electron chi connectivity index (χ3n) is 8.79. The summed E-state index contributed by atoms with van der Waals surface area (Å²) in [4.78, 5) is 2.49. The van der Waals surface area contributed by atoms with Crippen molar-refractivity contribution in [1.29, 1.82) is 5.41 Å². The van der Waals surface area contributed by atoms with Gasteiger partial charge in [-0.1, -0.05) is 51.5 Å². The van der Waals surface area contributed by atoms with Crippen LogP contribution in [0.2, 0.25) is 0 Å². The minimum Gasteiger partial charge on any atom is -0.366 e. The van der Waals surface area contributed by atoms with Gasteiger partial charge in [-0.15, -0.1) is 0 Å². The summed E-state index contributed by atoms with van der Waals surface area (Å²) in [5.74, 6) is -0.263. The minimum atomic E-state index is -0.263. The number of benzene rings is 1. The highest BCUT2D eigenvalue weighted by Crippen LogP contribution is 2.41. The van der Waals surface area contributed by atoms with Crippen LogP contribution in [0.1, 0.15) is 123 Å². The van der Waals surface area contributed by atoms with Crippen molar-refractivity contribution in [2.75, 3.05) is 0 Å². The molecule has 0 bridgehead atoms. The number of likely N-dealkylation sites (tertiary alicyclic amines) is 1. The van der Waals surface area contributed by atoms with Crippen LogP contribution in [-0.2, 0) is 12.8 Å². The van der Waals surface area contributed by atoms with Gasteiger partial charge in [0.2, 0.25) is 0 Å². The molecule has 1 aromatic rings. The number of nitrogens with zero attached hydrogens (tertiary/aromatic N) is 1. The zero-order valence-electron chi connectivity index (χ0n) is 25.5. The first kappa shape index (κ1) is 30.8. The predicted molar refractivity (Wildman–Crippen MR) is 161 cm³/mol. The first-order chi connectivity index (χ1) is 17.4. The Hall–Kier alpha value is -2.42. The molecule has 2 atom stereocenters. The molecule has 1 aliphatic rings. The van der Waals surface area contributed by atoms with Gasteiger partial charge in [0.25, 0.3) is 0 Å². The second-order valence-corrected chi connectivity index (χ2v) is 10.9. The van der Waals surface area contributed by atoms with Crippen LogP contribution in [-0.4, -0.2) is 22.7 Å². The SMILES string of the molecule is C=C(c1c(C)c(F)c(C(=N)/C(C(C)=C(C)C)=C(C)\C(C)=C/C)c(CC)c1CC)N1C(CC)CCC1CC. The highest BCUT2D eigenvalue weighted by molar-refractivity contribution is 6.15. The number of nitrogens with one attached hydrogen (secondary N) is 1. The van der Waals surface area contributed by atoms with Gasteiger partial charge in [-0.05, 0) is 115 Å². The van der Waals surface area contributed by atoms with E-state index in [1.807, 2.05) is 13.8 Å². The maximum absolute atomic E-state index is 16.6. The lowest BCUT2D eigenvalue weighted by molar-refractivity contribution is 0.283. The van der Waals surface area contributed by atoms with Crippen LogP contribution in [0.15, 0.2) is 40.5 Å². The van der Waals surface area contributed by atoms with Crippen LogP contribution in [0, 0.1) is 18.2 Å². The molecule has 1 saturated heterocycles. The predicted octanol–water partition coefficient (Wildman–Crippen LogP) is 9.89. The molecule has 1 fully saturated rings. The monoisotopic (exact) mass is 506 g/mol. The first-order valence-corrected chi connectivity index (χ1v) is 14.3. The highest BCUT2D eigenvalue weighted by Gasteiger charge is 2.35. The molecule has 0 radical (unpaired) electrons. The van der Waals surface area contributed by atoms with E-state index in [4.69, 9.17) is 0 Å². The van der Waals surface area contributed by atoms with E-state index in [9.17, 15) is 5.41 Å². The summed E-state index contributed by atoms with van der Waals surface area (Å²) in [7, 11) is 0. The smallest absolute Gasteiger partial charge is 0.136 e. The van der Waals surface area contributed by atoms with Crippen LogP contribution >= 0.6 is 0 Å². The standard InChI is InChI=1S/C34H51FN2/c1-13-21(8)23(10)30(22(9)20(6)7)34(36)32-29(17-5)28(16-4)31(24(11)33(32)35)25(12)37-26(14-2)18-19-27(37)15-3/h13,26-27,36H,12,14-19H2,1-11H3/b21-13-,30-23-,36-34?. The van der Waals surface area contributed by atoms with Gasteiger partial charge < -0.3 is 4.90 Å². The minimum absolute atomic E-state index is 0.263. The van der Waals surface area contributed by atoms with Gasteiger partial charge in [-0.2, -0.15) is 0 Å². The number of halogens is 1. The molecular weight excluding hydrogens is 455 g/mol. The molecular formula is C34H51FN2. The Bertz CT molecular complexity index is 1130. The molecule has 1 N–H and O–H groups in total. The zero-order chi connectivity index (χ0) is 28.2. The van der Waals surface area contributed by atoms with Crippen LogP contribution in [0.3, 0.4) is 0 Å². The molecule has 0 saturated carbocycles. The summed E-state index contributed by atoms with van der Waals surface area (Å²) in [5.41, 5.74) is 10.6. The van der Waals surface area contributed by atoms with Crippen molar-refractivity contribution >= 4 is 11.4 Å². The number of allylic oxidation sites excluding steroid dienone is 6. The van der Waals surface area contributed by atoms with Crippen molar-refractivity contribution in [3.05, 3.63) is 74.2 Å². The summed E-state index contributed by atoms with van der Waals surface area (Å²) in [5, 5.41) is 9.44. The van der Waals surface area contributed by atoms with E-state index in [0.717, 1.165) is 69.5 Å². The molecule has 0 spiro atoms. The molecule has 204 valence electrons. The Morgan fingerprint density at radius 2 is 1.41 bits per heavy atom. The molecule has 0 aliphatic carbocycles. The van der Waals surface area contributed by atoms with Crippen LogP contribution in [0.5, 0.6) is 0 Å². The summed E-state index contributed by atoms with van der Waals surface area (Å²) in [6.07, 6.45) is 8.00. The average Bonchev–Trinajstić information content (AvgIpc) is 3.31. The zero-order valence-corrected chi connectivity index (χ0v) is 25.5. The fourth-order valence-electron chi connectivity index (χ4n) is 6.17. The van der Waals surface area contributed by atoms with Crippen LogP contribution < -0.4 is 0 Å². The molecule has 37 heavy (non-hydrogen) atoms. The van der Waals surface area contributed by atoms with E-state index in [1.54, 1.807) is 0 Å². The van der Waals surface area contributed by atoms with Crippen molar-refractivity contribution in [2.45, 2.75) is 127 Å². The van der Waals surface area contributed by atoms with Gasteiger partial charge in [0, 0.05) is 34.5 Å². The van der Waals surface area contributed by atoms with E-state index >= 15 is 4.39 Å². The highest BCUT2D eigenvalue weighted by atomic mass is 19.1. The van der Waals surface area contributed by atoms with E-state index < -0.39 is 0 Å². The maximum atomic E-state index is 16.6. The van der Waals surface area contributed by atoms with Crippen molar-refractivity contribution in [1.82, 2.24) is 4.90 Å².